The molecule has 0 radical (unpaired) electrons. The maximum absolute atomic E-state index is 4.27. The Kier molecular flexibility index (Phi) is 3.19. The second kappa shape index (κ2) is 4.41. The third-order valence-electron chi connectivity index (χ3n) is 2.88. The van der Waals surface area contributed by atoms with Crippen LogP contribution in [0.4, 0.5) is 0 Å². The van der Waals surface area contributed by atoms with E-state index < -0.39 is 0 Å². The van der Waals surface area contributed by atoms with Crippen molar-refractivity contribution in [1.82, 2.24) is 10.3 Å². The topological polar surface area (TPSA) is 24.9 Å². The molecule has 3 heteroatoms. The van der Waals surface area contributed by atoms with Crippen LogP contribution in [-0.2, 0) is 0 Å². The van der Waals surface area contributed by atoms with Gasteiger partial charge >= 0.3 is 0 Å². The quantitative estimate of drug-likeness (QED) is 0.808. The summed E-state index contributed by atoms with van der Waals surface area (Å²) >= 11 is 1.76. The fourth-order valence-corrected chi connectivity index (χ4v) is 2.56. The third-order valence-corrected chi connectivity index (χ3v) is 3.99. The van der Waals surface area contributed by atoms with E-state index >= 15 is 0 Å². The molecule has 1 atom stereocenters. The highest BCUT2D eigenvalue weighted by molar-refractivity contribution is 7.09. The van der Waals surface area contributed by atoms with Crippen molar-refractivity contribution in [1.29, 1.82) is 0 Å². The fourth-order valence-electron chi connectivity index (χ4n) is 1.73. The summed E-state index contributed by atoms with van der Waals surface area (Å²) in [7, 11) is 0. The van der Waals surface area contributed by atoms with Crippen molar-refractivity contribution in [2.45, 2.75) is 39.2 Å². The molecule has 0 spiro atoms. The SMILES string of the molecule is Cc1ncsc1C(C)NCCC1CC1. The van der Waals surface area contributed by atoms with Crippen LogP contribution in [0.15, 0.2) is 5.51 Å². The number of nitrogens with one attached hydrogen (secondary N) is 1. The smallest absolute Gasteiger partial charge is 0.0798 e. The van der Waals surface area contributed by atoms with Gasteiger partial charge in [0.15, 0.2) is 0 Å². The van der Waals surface area contributed by atoms with Crippen molar-refractivity contribution in [3.63, 3.8) is 0 Å². The lowest BCUT2D eigenvalue weighted by Gasteiger charge is -2.12. The molecule has 1 saturated carbocycles. The van der Waals surface area contributed by atoms with Gasteiger partial charge in [-0.3, -0.25) is 0 Å². The van der Waals surface area contributed by atoms with E-state index in [1.165, 1.54) is 29.8 Å². The predicted octanol–water partition coefficient (Wildman–Crippen LogP) is 2.90. The van der Waals surface area contributed by atoms with Crippen LogP contribution in [0.2, 0.25) is 0 Å². The number of hydrogen-bond acceptors (Lipinski definition) is 3. The number of thiazole rings is 1. The van der Waals surface area contributed by atoms with Crippen molar-refractivity contribution in [2.75, 3.05) is 6.54 Å². The van der Waals surface area contributed by atoms with Gasteiger partial charge in [0.1, 0.15) is 0 Å². The molecule has 0 amide bonds. The highest BCUT2D eigenvalue weighted by Crippen LogP contribution is 2.32. The molecule has 0 saturated heterocycles. The Labute approximate surface area is 89.8 Å². The molecular formula is C11H18N2S. The lowest BCUT2D eigenvalue weighted by Crippen LogP contribution is -2.20. The molecule has 1 aromatic rings. The van der Waals surface area contributed by atoms with Crippen LogP contribution in [0.3, 0.4) is 0 Å². The minimum absolute atomic E-state index is 0.473. The van der Waals surface area contributed by atoms with Gasteiger partial charge < -0.3 is 5.32 Å². The van der Waals surface area contributed by atoms with Gasteiger partial charge in [-0.25, -0.2) is 4.98 Å². The predicted molar refractivity (Wildman–Crippen MR) is 60.6 cm³/mol. The van der Waals surface area contributed by atoms with Gasteiger partial charge in [-0.05, 0) is 32.7 Å². The molecule has 1 unspecified atom stereocenters. The van der Waals surface area contributed by atoms with E-state index in [2.05, 4.69) is 24.1 Å². The standard InChI is InChI=1S/C11H18N2S/c1-8(11-9(2)13-7-14-11)12-6-5-10-3-4-10/h7-8,10,12H,3-6H2,1-2H3. The Morgan fingerprint density at radius 2 is 2.43 bits per heavy atom. The molecule has 1 N–H and O–H groups in total. The number of rotatable bonds is 5. The van der Waals surface area contributed by atoms with Crippen molar-refractivity contribution >= 4 is 11.3 Å². The Morgan fingerprint density at radius 1 is 1.64 bits per heavy atom. The number of aryl methyl sites for hydroxylation is 1. The zero-order valence-electron chi connectivity index (χ0n) is 8.92. The normalized spacial score (nSPS) is 18.4. The molecule has 0 bridgehead atoms. The summed E-state index contributed by atoms with van der Waals surface area (Å²) < 4.78 is 0. The van der Waals surface area contributed by atoms with Gasteiger partial charge in [-0.15, -0.1) is 11.3 Å². The molecular weight excluding hydrogens is 192 g/mol. The molecule has 1 aromatic heterocycles. The average Bonchev–Trinajstić information content (AvgIpc) is 2.87. The van der Waals surface area contributed by atoms with E-state index in [0.717, 1.165) is 12.5 Å². The summed E-state index contributed by atoms with van der Waals surface area (Å²) in [5, 5.41) is 3.57. The first-order valence-corrected chi connectivity index (χ1v) is 6.28. The zero-order valence-corrected chi connectivity index (χ0v) is 9.73. The molecule has 14 heavy (non-hydrogen) atoms. The second-order valence-electron chi connectivity index (χ2n) is 4.21. The highest BCUT2D eigenvalue weighted by Gasteiger charge is 2.20. The molecule has 78 valence electrons. The van der Waals surface area contributed by atoms with Crippen LogP contribution < -0.4 is 5.32 Å². The molecule has 1 heterocycles. The van der Waals surface area contributed by atoms with Gasteiger partial charge in [0.2, 0.25) is 0 Å². The Bertz CT molecular complexity index is 291. The second-order valence-corrected chi connectivity index (χ2v) is 5.10. The van der Waals surface area contributed by atoms with E-state index in [-0.39, 0.29) is 0 Å². The minimum atomic E-state index is 0.473. The van der Waals surface area contributed by atoms with Crippen LogP contribution in [0.1, 0.15) is 42.8 Å². The Balaban J connectivity index is 1.76. The molecule has 1 aliphatic rings. The van der Waals surface area contributed by atoms with Crippen LogP contribution in [0.5, 0.6) is 0 Å². The minimum Gasteiger partial charge on any atom is -0.309 e. The first kappa shape index (κ1) is 10.1. The van der Waals surface area contributed by atoms with Gasteiger partial charge in [0.25, 0.3) is 0 Å². The molecule has 2 nitrogen and oxygen atoms in total. The van der Waals surface area contributed by atoms with Crippen LogP contribution >= 0.6 is 11.3 Å². The van der Waals surface area contributed by atoms with Crippen molar-refractivity contribution < 1.29 is 0 Å². The van der Waals surface area contributed by atoms with E-state index in [0.29, 0.717) is 6.04 Å². The largest absolute Gasteiger partial charge is 0.309 e. The van der Waals surface area contributed by atoms with E-state index in [1.54, 1.807) is 11.3 Å². The van der Waals surface area contributed by atoms with Gasteiger partial charge in [0.05, 0.1) is 11.2 Å². The first-order chi connectivity index (χ1) is 6.77. The lowest BCUT2D eigenvalue weighted by molar-refractivity contribution is 0.543. The summed E-state index contributed by atoms with van der Waals surface area (Å²) in [6.45, 7) is 5.47. The molecule has 1 fully saturated rings. The van der Waals surface area contributed by atoms with Crippen molar-refractivity contribution in [2.24, 2.45) is 5.92 Å². The van der Waals surface area contributed by atoms with Crippen LogP contribution in [-0.4, -0.2) is 11.5 Å². The first-order valence-electron chi connectivity index (χ1n) is 5.40. The lowest BCUT2D eigenvalue weighted by atomic mass is 10.2. The zero-order chi connectivity index (χ0) is 9.97. The summed E-state index contributed by atoms with van der Waals surface area (Å²) in [4.78, 5) is 5.66. The Hall–Kier alpha value is -0.410. The third kappa shape index (κ3) is 2.55. The van der Waals surface area contributed by atoms with Crippen LogP contribution in [0, 0.1) is 12.8 Å². The average molecular weight is 210 g/mol. The van der Waals surface area contributed by atoms with Gasteiger partial charge in [-0.2, -0.15) is 0 Å². The van der Waals surface area contributed by atoms with Gasteiger partial charge in [0, 0.05) is 10.9 Å². The maximum Gasteiger partial charge on any atom is 0.0798 e. The van der Waals surface area contributed by atoms with Crippen molar-refractivity contribution in [3.8, 4) is 0 Å². The summed E-state index contributed by atoms with van der Waals surface area (Å²) in [6, 6.07) is 0.473. The molecule has 0 aliphatic heterocycles. The van der Waals surface area contributed by atoms with Crippen LogP contribution in [0.25, 0.3) is 0 Å². The monoisotopic (exact) mass is 210 g/mol. The van der Waals surface area contributed by atoms with E-state index in [4.69, 9.17) is 0 Å². The van der Waals surface area contributed by atoms with E-state index in [9.17, 15) is 0 Å². The molecule has 0 aromatic carbocycles. The summed E-state index contributed by atoms with van der Waals surface area (Å²) in [5.41, 5.74) is 3.12. The molecule has 2 rings (SSSR count). The maximum atomic E-state index is 4.27. The number of hydrogen-bond donors (Lipinski definition) is 1. The summed E-state index contributed by atoms with van der Waals surface area (Å²) in [5.74, 6) is 1.03. The molecule has 1 aliphatic carbocycles. The highest BCUT2D eigenvalue weighted by atomic mass is 32.1. The fraction of sp³-hybridized carbons (Fsp3) is 0.727. The summed E-state index contributed by atoms with van der Waals surface area (Å²) in [6.07, 6.45) is 4.26. The van der Waals surface area contributed by atoms with E-state index in [1.807, 2.05) is 5.51 Å². The Morgan fingerprint density at radius 3 is 3.00 bits per heavy atom. The van der Waals surface area contributed by atoms with Crippen molar-refractivity contribution in [3.05, 3.63) is 16.1 Å². The number of nitrogens with zero attached hydrogens (tertiary/aromatic N) is 1. The van der Waals surface area contributed by atoms with Gasteiger partial charge in [-0.1, -0.05) is 12.8 Å². The number of aromatic nitrogens is 1.